The zero-order valence-corrected chi connectivity index (χ0v) is 16.1. The molecule has 1 saturated heterocycles. The van der Waals surface area contributed by atoms with E-state index in [1.165, 1.54) is 17.7 Å². The van der Waals surface area contributed by atoms with Crippen molar-refractivity contribution in [2.24, 2.45) is 10.9 Å². The largest absolute Gasteiger partial charge is 0.356 e. The summed E-state index contributed by atoms with van der Waals surface area (Å²) in [5.74, 6) is 1.95. The Morgan fingerprint density at radius 2 is 2.20 bits per heavy atom. The minimum Gasteiger partial charge on any atom is -0.356 e. The quantitative estimate of drug-likeness (QED) is 0.625. The molecule has 0 bridgehead atoms. The summed E-state index contributed by atoms with van der Waals surface area (Å²) in [5.41, 5.74) is 0. The van der Waals surface area contributed by atoms with Crippen LogP contribution in [0.2, 0.25) is 0 Å². The summed E-state index contributed by atoms with van der Waals surface area (Å²) >= 11 is 1.79. The summed E-state index contributed by atoms with van der Waals surface area (Å²) in [6.45, 7) is 4.76. The number of nitrogens with one attached hydrogen (secondary N) is 2. The molecule has 1 amide bonds. The van der Waals surface area contributed by atoms with Gasteiger partial charge in [-0.2, -0.15) is 0 Å². The van der Waals surface area contributed by atoms with Gasteiger partial charge in [0.15, 0.2) is 5.96 Å². The van der Waals surface area contributed by atoms with Crippen LogP contribution in [0.25, 0.3) is 0 Å². The molecule has 0 aromatic carbocycles. The molecule has 6 heteroatoms. The molecule has 1 saturated carbocycles. The van der Waals surface area contributed by atoms with Crippen molar-refractivity contribution < 1.29 is 4.79 Å². The van der Waals surface area contributed by atoms with Gasteiger partial charge >= 0.3 is 0 Å². The minimum atomic E-state index is 0.280. The van der Waals surface area contributed by atoms with Crippen LogP contribution in [0.3, 0.4) is 0 Å². The maximum Gasteiger partial charge on any atom is 0.225 e. The molecule has 5 nitrogen and oxygen atoms in total. The first kappa shape index (κ1) is 18.2. The molecule has 2 atom stereocenters. The lowest BCUT2D eigenvalue weighted by Crippen LogP contribution is -2.46. The summed E-state index contributed by atoms with van der Waals surface area (Å²) in [6.07, 6.45) is 5.59. The van der Waals surface area contributed by atoms with Crippen molar-refractivity contribution in [2.45, 2.75) is 51.0 Å². The molecule has 2 unspecified atom stereocenters. The van der Waals surface area contributed by atoms with E-state index < -0.39 is 0 Å². The molecule has 2 aliphatic rings. The minimum absolute atomic E-state index is 0.280. The number of carbonyl (C=O) groups excluding carboxylic acids is 1. The normalized spacial score (nSPS) is 23.0. The van der Waals surface area contributed by atoms with E-state index in [0.717, 1.165) is 44.9 Å². The molecule has 1 aromatic rings. The number of amides is 1. The van der Waals surface area contributed by atoms with Gasteiger partial charge in [-0.05, 0) is 30.7 Å². The average molecular weight is 363 g/mol. The van der Waals surface area contributed by atoms with E-state index in [0.29, 0.717) is 17.9 Å². The molecular weight excluding hydrogens is 332 g/mol. The molecule has 1 aromatic heterocycles. The maximum absolute atomic E-state index is 12.5. The number of thiophene rings is 1. The Hall–Kier alpha value is -1.56. The van der Waals surface area contributed by atoms with Gasteiger partial charge < -0.3 is 15.5 Å². The fraction of sp³-hybridized carbons (Fsp3) is 0.684. The van der Waals surface area contributed by atoms with Crippen molar-refractivity contribution in [3.8, 4) is 0 Å². The highest BCUT2D eigenvalue weighted by Crippen LogP contribution is 2.27. The Labute approximate surface area is 154 Å². The third-order valence-electron chi connectivity index (χ3n) is 5.37. The molecule has 1 aliphatic carbocycles. The molecular formula is C19H30N4OS. The third-order valence-corrected chi connectivity index (χ3v) is 6.48. The van der Waals surface area contributed by atoms with Crippen LogP contribution in [0.15, 0.2) is 22.5 Å². The maximum atomic E-state index is 12.5. The van der Waals surface area contributed by atoms with E-state index in [1.807, 2.05) is 7.05 Å². The molecule has 2 heterocycles. The van der Waals surface area contributed by atoms with Crippen LogP contribution in [0.4, 0.5) is 0 Å². The molecule has 2 fully saturated rings. The lowest BCUT2D eigenvalue weighted by Gasteiger charge is -2.22. The van der Waals surface area contributed by atoms with Gasteiger partial charge in [0.25, 0.3) is 0 Å². The summed E-state index contributed by atoms with van der Waals surface area (Å²) in [4.78, 5) is 20.3. The van der Waals surface area contributed by atoms with Crippen LogP contribution in [0.1, 0.15) is 49.8 Å². The SMILES string of the molecule is CN=C(NCC(C)c1cccs1)NC1CCN(C(=O)C2CCCC2)C1. The number of rotatable bonds is 5. The van der Waals surface area contributed by atoms with Crippen molar-refractivity contribution in [2.75, 3.05) is 26.7 Å². The predicted octanol–water partition coefficient (Wildman–Crippen LogP) is 2.81. The zero-order chi connectivity index (χ0) is 17.6. The van der Waals surface area contributed by atoms with Gasteiger partial charge in [-0.25, -0.2) is 0 Å². The van der Waals surface area contributed by atoms with Crippen molar-refractivity contribution in [3.05, 3.63) is 22.4 Å². The number of carbonyl (C=O) groups is 1. The van der Waals surface area contributed by atoms with E-state index in [-0.39, 0.29) is 5.92 Å². The van der Waals surface area contributed by atoms with Gasteiger partial charge in [0.05, 0.1) is 0 Å². The van der Waals surface area contributed by atoms with E-state index in [2.05, 4.69) is 45.0 Å². The van der Waals surface area contributed by atoms with Crippen LogP contribution in [-0.4, -0.2) is 49.5 Å². The standard InChI is InChI=1S/C19H30N4OS/c1-14(17-8-5-11-25-17)12-21-19(20-2)22-16-9-10-23(13-16)18(24)15-6-3-4-7-15/h5,8,11,14-16H,3-4,6-7,9-10,12-13H2,1-2H3,(H2,20,21,22). The Kier molecular flexibility index (Phi) is 6.34. The number of aliphatic imine (C=N–C) groups is 1. The molecule has 138 valence electrons. The average Bonchev–Trinajstić information content (AvgIpc) is 3.39. The molecule has 0 spiro atoms. The van der Waals surface area contributed by atoms with Crippen LogP contribution in [-0.2, 0) is 4.79 Å². The Balaban J connectivity index is 1.44. The van der Waals surface area contributed by atoms with Crippen molar-refractivity contribution in [1.29, 1.82) is 0 Å². The van der Waals surface area contributed by atoms with Crippen LogP contribution in [0, 0.1) is 5.92 Å². The topological polar surface area (TPSA) is 56.7 Å². The summed E-state index contributed by atoms with van der Waals surface area (Å²) in [5, 5.41) is 9.03. The van der Waals surface area contributed by atoms with Crippen molar-refractivity contribution >= 4 is 23.2 Å². The molecule has 2 N–H and O–H groups in total. The van der Waals surface area contributed by atoms with Crippen molar-refractivity contribution in [1.82, 2.24) is 15.5 Å². The highest BCUT2D eigenvalue weighted by molar-refractivity contribution is 7.10. The lowest BCUT2D eigenvalue weighted by molar-refractivity contribution is -0.134. The fourth-order valence-corrected chi connectivity index (χ4v) is 4.61. The smallest absolute Gasteiger partial charge is 0.225 e. The van der Waals surface area contributed by atoms with Crippen LogP contribution in [0.5, 0.6) is 0 Å². The van der Waals surface area contributed by atoms with E-state index in [4.69, 9.17) is 0 Å². The number of nitrogens with zero attached hydrogens (tertiary/aromatic N) is 2. The highest BCUT2D eigenvalue weighted by Gasteiger charge is 2.32. The number of hydrogen-bond acceptors (Lipinski definition) is 3. The zero-order valence-electron chi connectivity index (χ0n) is 15.3. The van der Waals surface area contributed by atoms with Gasteiger partial charge in [0.2, 0.25) is 5.91 Å². The van der Waals surface area contributed by atoms with Gasteiger partial charge in [-0.1, -0.05) is 25.8 Å². The van der Waals surface area contributed by atoms with Crippen LogP contribution >= 0.6 is 11.3 Å². The molecule has 25 heavy (non-hydrogen) atoms. The Morgan fingerprint density at radius 1 is 1.40 bits per heavy atom. The van der Waals surface area contributed by atoms with Crippen LogP contribution < -0.4 is 10.6 Å². The fourth-order valence-electron chi connectivity index (χ4n) is 3.82. The van der Waals surface area contributed by atoms with E-state index in [9.17, 15) is 4.79 Å². The van der Waals surface area contributed by atoms with E-state index in [1.54, 1.807) is 11.3 Å². The first-order valence-electron chi connectivity index (χ1n) is 9.46. The second-order valence-electron chi connectivity index (χ2n) is 7.27. The Bertz CT molecular complexity index is 580. The number of likely N-dealkylation sites (tertiary alicyclic amines) is 1. The predicted molar refractivity (Wildman–Crippen MR) is 104 cm³/mol. The second-order valence-corrected chi connectivity index (χ2v) is 8.24. The number of hydrogen-bond donors (Lipinski definition) is 2. The van der Waals surface area contributed by atoms with Gasteiger partial charge in [-0.3, -0.25) is 9.79 Å². The summed E-state index contributed by atoms with van der Waals surface area (Å²) in [7, 11) is 1.81. The molecule has 1 aliphatic heterocycles. The van der Waals surface area contributed by atoms with Crippen molar-refractivity contribution in [3.63, 3.8) is 0 Å². The second kappa shape index (κ2) is 8.70. The highest BCUT2D eigenvalue weighted by atomic mass is 32.1. The lowest BCUT2D eigenvalue weighted by atomic mass is 10.1. The summed E-state index contributed by atoms with van der Waals surface area (Å²) < 4.78 is 0. The van der Waals surface area contributed by atoms with Gasteiger partial charge in [0.1, 0.15) is 0 Å². The Morgan fingerprint density at radius 3 is 2.88 bits per heavy atom. The molecule has 3 rings (SSSR count). The summed E-state index contributed by atoms with van der Waals surface area (Å²) in [6, 6.07) is 4.57. The third kappa shape index (κ3) is 4.75. The first-order chi connectivity index (χ1) is 12.2. The van der Waals surface area contributed by atoms with E-state index >= 15 is 0 Å². The van der Waals surface area contributed by atoms with Gasteiger partial charge in [0, 0.05) is 49.4 Å². The number of guanidine groups is 1. The van der Waals surface area contributed by atoms with Gasteiger partial charge in [-0.15, -0.1) is 11.3 Å². The monoisotopic (exact) mass is 362 g/mol. The first-order valence-corrected chi connectivity index (χ1v) is 10.3. The molecule has 0 radical (unpaired) electrons.